The van der Waals surface area contributed by atoms with Crippen LogP contribution in [0, 0.1) is 5.92 Å². The lowest BCUT2D eigenvalue weighted by Gasteiger charge is -2.26. The first kappa shape index (κ1) is 14.1. The molecule has 2 atom stereocenters. The van der Waals surface area contributed by atoms with Crippen molar-refractivity contribution in [3.05, 3.63) is 29.8 Å². The van der Waals surface area contributed by atoms with E-state index in [1.807, 2.05) is 24.3 Å². The van der Waals surface area contributed by atoms with Crippen LogP contribution in [0.5, 0.6) is 0 Å². The van der Waals surface area contributed by atoms with Gasteiger partial charge in [0.2, 0.25) is 0 Å². The van der Waals surface area contributed by atoms with Crippen LogP contribution in [-0.2, 0) is 9.53 Å². The van der Waals surface area contributed by atoms with Crippen LogP contribution in [0.3, 0.4) is 0 Å². The SMILES string of the molecule is CC1CCOC1C(=O)N1CCC/C(=N/O)c2ccccc21. The number of nitrogens with zero attached hydrogens (tertiary/aromatic N) is 2. The van der Waals surface area contributed by atoms with E-state index in [1.54, 1.807) is 4.90 Å². The summed E-state index contributed by atoms with van der Waals surface area (Å²) in [7, 11) is 0. The van der Waals surface area contributed by atoms with Crippen LogP contribution in [0.2, 0.25) is 0 Å². The highest BCUT2D eigenvalue weighted by atomic mass is 16.5. The number of fused-ring (bicyclic) bond motifs is 1. The van der Waals surface area contributed by atoms with Crippen LogP contribution < -0.4 is 4.90 Å². The van der Waals surface area contributed by atoms with E-state index in [-0.39, 0.29) is 17.9 Å². The molecule has 112 valence electrons. The molecule has 1 aromatic rings. The number of oxime groups is 1. The zero-order valence-corrected chi connectivity index (χ0v) is 12.2. The smallest absolute Gasteiger partial charge is 0.256 e. The van der Waals surface area contributed by atoms with Gasteiger partial charge in [-0.1, -0.05) is 30.3 Å². The molecule has 21 heavy (non-hydrogen) atoms. The summed E-state index contributed by atoms with van der Waals surface area (Å²) in [5.74, 6) is 0.269. The molecule has 1 saturated heterocycles. The highest BCUT2D eigenvalue weighted by Crippen LogP contribution is 2.30. The summed E-state index contributed by atoms with van der Waals surface area (Å²) in [6, 6.07) is 7.60. The maximum Gasteiger partial charge on any atom is 0.256 e. The molecule has 1 N–H and O–H groups in total. The average molecular weight is 288 g/mol. The van der Waals surface area contributed by atoms with Crippen molar-refractivity contribution < 1.29 is 14.7 Å². The van der Waals surface area contributed by atoms with Gasteiger partial charge in [-0.15, -0.1) is 0 Å². The van der Waals surface area contributed by atoms with Gasteiger partial charge in [0.15, 0.2) is 0 Å². The van der Waals surface area contributed by atoms with Gasteiger partial charge in [-0.05, 0) is 31.2 Å². The van der Waals surface area contributed by atoms with Crippen molar-refractivity contribution >= 4 is 17.3 Å². The predicted octanol–water partition coefficient (Wildman–Crippen LogP) is 2.42. The monoisotopic (exact) mass is 288 g/mol. The van der Waals surface area contributed by atoms with Gasteiger partial charge in [-0.3, -0.25) is 4.79 Å². The van der Waals surface area contributed by atoms with Crippen molar-refractivity contribution in [1.82, 2.24) is 0 Å². The van der Waals surface area contributed by atoms with Gasteiger partial charge in [0, 0.05) is 18.7 Å². The Kier molecular flexibility index (Phi) is 3.92. The number of amides is 1. The normalized spacial score (nSPS) is 27.5. The Bertz CT molecular complexity index is 570. The van der Waals surface area contributed by atoms with Gasteiger partial charge in [0.25, 0.3) is 5.91 Å². The number of hydrogen-bond acceptors (Lipinski definition) is 4. The zero-order valence-electron chi connectivity index (χ0n) is 12.2. The van der Waals surface area contributed by atoms with Crippen molar-refractivity contribution in [2.45, 2.75) is 32.3 Å². The fraction of sp³-hybridized carbons (Fsp3) is 0.500. The molecular weight excluding hydrogens is 268 g/mol. The summed E-state index contributed by atoms with van der Waals surface area (Å²) >= 11 is 0. The fourth-order valence-electron chi connectivity index (χ4n) is 3.11. The van der Waals surface area contributed by atoms with E-state index in [4.69, 9.17) is 4.74 Å². The minimum Gasteiger partial charge on any atom is -0.411 e. The number of benzene rings is 1. The second kappa shape index (κ2) is 5.85. The van der Waals surface area contributed by atoms with Crippen LogP contribution in [0.4, 0.5) is 5.69 Å². The Balaban J connectivity index is 1.97. The molecular formula is C16H20N2O3. The molecule has 0 saturated carbocycles. The lowest BCUT2D eigenvalue weighted by molar-refractivity contribution is -0.128. The molecule has 0 bridgehead atoms. The number of carbonyl (C=O) groups excluding carboxylic acids is 1. The molecule has 1 fully saturated rings. The molecule has 5 nitrogen and oxygen atoms in total. The molecule has 0 aromatic heterocycles. The molecule has 5 heteroatoms. The van der Waals surface area contributed by atoms with Gasteiger partial charge < -0.3 is 14.8 Å². The first-order chi connectivity index (χ1) is 10.2. The summed E-state index contributed by atoms with van der Waals surface area (Å²) in [6.07, 6.45) is 2.01. The number of anilines is 1. The van der Waals surface area contributed by atoms with Gasteiger partial charge >= 0.3 is 0 Å². The molecule has 2 unspecified atom stereocenters. The molecule has 2 heterocycles. The minimum absolute atomic E-state index is 0.0200. The summed E-state index contributed by atoms with van der Waals surface area (Å²) in [6.45, 7) is 3.33. The first-order valence-electron chi connectivity index (χ1n) is 7.45. The molecule has 3 rings (SSSR count). The zero-order chi connectivity index (χ0) is 14.8. The quantitative estimate of drug-likeness (QED) is 0.637. The average Bonchev–Trinajstić information content (AvgIpc) is 2.84. The molecule has 0 aliphatic carbocycles. The number of hydrogen-bond donors (Lipinski definition) is 1. The summed E-state index contributed by atoms with van der Waals surface area (Å²) in [5, 5.41) is 12.6. The minimum atomic E-state index is -0.356. The number of rotatable bonds is 1. The van der Waals surface area contributed by atoms with Crippen LogP contribution in [0.15, 0.2) is 29.4 Å². The summed E-state index contributed by atoms with van der Waals surface area (Å²) < 4.78 is 5.62. The fourth-order valence-corrected chi connectivity index (χ4v) is 3.11. The maximum atomic E-state index is 12.8. The molecule has 2 aliphatic rings. The Labute approximate surface area is 124 Å². The second-order valence-electron chi connectivity index (χ2n) is 5.71. The van der Waals surface area contributed by atoms with Crippen molar-refractivity contribution in [3.63, 3.8) is 0 Å². The third-order valence-corrected chi connectivity index (χ3v) is 4.32. The van der Waals surface area contributed by atoms with Gasteiger partial charge in [-0.2, -0.15) is 0 Å². The molecule has 1 aromatic carbocycles. The Morgan fingerprint density at radius 1 is 1.43 bits per heavy atom. The number of ether oxygens (including phenoxy) is 1. The van der Waals surface area contributed by atoms with E-state index in [1.165, 1.54) is 0 Å². The molecule has 2 aliphatic heterocycles. The molecule has 0 spiro atoms. The third kappa shape index (κ3) is 2.53. The second-order valence-corrected chi connectivity index (χ2v) is 5.71. The van der Waals surface area contributed by atoms with Crippen molar-refractivity contribution in [2.75, 3.05) is 18.1 Å². The Morgan fingerprint density at radius 3 is 2.95 bits per heavy atom. The molecule has 1 amide bonds. The summed E-state index contributed by atoms with van der Waals surface area (Å²) in [4.78, 5) is 14.6. The first-order valence-corrected chi connectivity index (χ1v) is 7.45. The topological polar surface area (TPSA) is 62.1 Å². The van der Waals surface area contributed by atoms with Crippen LogP contribution in [-0.4, -0.2) is 36.1 Å². The lowest BCUT2D eigenvalue weighted by Crippen LogP contribution is -2.41. The highest BCUT2D eigenvalue weighted by molar-refractivity contribution is 6.09. The van der Waals surface area contributed by atoms with Crippen LogP contribution in [0.25, 0.3) is 0 Å². The third-order valence-electron chi connectivity index (χ3n) is 4.32. The van der Waals surface area contributed by atoms with Gasteiger partial charge in [0.1, 0.15) is 6.10 Å². The number of carbonyl (C=O) groups is 1. The van der Waals surface area contributed by atoms with E-state index >= 15 is 0 Å². The number of para-hydroxylation sites is 1. The van der Waals surface area contributed by atoms with Crippen LogP contribution >= 0.6 is 0 Å². The van der Waals surface area contributed by atoms with E-state index in [2.05, 4.69) is 12.1 Å². The van der Waals surface area contributed by atoms with E-state index in [0.717, 1.165) is 24.1 Å². The van der Waals surface area contributed by atoms with Crippen molar-refractivity contribution in [2.24, 2.45) is 11.1 Å². The van der Waals surface area contributed by atoms with E-state index in [0.29, 0.717) is 25.3 Å². The molecule has 0 radical (unpaired) electrons. The van der Waals surface area contributed by atoms with Crippen molar-refractivity contribution in [3.8, 4) is 0 Å². The summed E-state index contributed by atoms with van der Waals surface area (Å²) in [5.41, 5.74) is 2.29. The van der Waals surface area contributed by atoms with Crippen LogP contribution in [0.1, 0.15) is 31.7 Å². The van der Waals surface area contributed by atoms with Gasteiger partial charge in [0.05, 0.1) is 11.4 Å². The standard InChI is InChI=1S/C16H20N2O3/c1-11-8-10-21-15(11)16(19)18-9-4-6-13(17-20)12-5-2-3-7-14(12)18/h2-3,5,7,11,15,20H,4,6,8-10H2,1H3/b17-13-. The van der Waals surface area contributed by atoms with Gasteiger partial charge in [-0.25, -0.2) is 0 Å². The Morgan fingerprint density at radius 2 is 2.24 bits per heavy atom. The maximum absolute atomic E-state index is 12.8. The van der Waals surface area contributed by atoms with Crippen molar-refractivity contribution in [1.29, 1.82) is 0 Å². The predicted molar refractivity (Wildman–Crippen MR) is 79.9 cm³/mol. The Hall–Kier alpha value is -1.88. The van der Waals surface area contributed by atoms with E-state index < -0.39 is 0 Å². The van der Waals surface area contributed by atoms with E-state index in [9.17, 15) is 10.0 Å². The highest BCUT2D eigenvalue weighted by Gasteiger charge is 2.36. The lowest BCUT2D eigenvalue weighted by atomic mass is 10.0. The largest absolute Gasteiger partial charge is 0.411 e.